The van der Waals surface area contributed by atoms with Crippen LogP contribution >= 0.6 is 0 Å². The number of nitrogens with zero attached hydrogens (tertiary/aromatic N) is 1. The van der Waals surface area contributed by atoms with Gasteiger partial charge in [-0.3, -0.25) is 0 Å². The Morgan fingerprint density at radius 2 is 2.05 bits per heavy atom. The van der Waals surface area contributed by atoms with Crippen molar-refractivity contribution in [1.29, 1.82) is 0 Å². The van der Waals surface area contributed by atoms with Gasteiger partial charge < -0.3 is 15.8 Å². The van der Waals surface area contributed by atoms with Gasteiger partial charge >= 0.3 is 5.97 Å². The molecule has 0 amide bonds. The van der Waals surface area contributed by atoms with E-state index >= 15 is 0 Å². The first-order valence-electron chi connectivity index (χ1n) is 6.38. The summed E-state index contributed by atoms with van der Waals surface area (Å²) < 4.78 is 0. The highest BCUT2D eigenvalue weighted by Gasteiger charge is 2.12. The lowest BCUT2D eigenvalue weighted by Gasteiger charge is -2.02. The van der Waals surface area contributed by atoms with Crippen molar-refractivity contribution in [1.82, 2.24) is 9.97 Å². The minimum absolute atomic E-state index is 0.221. The molecule has 2 heterocycles. The molecule has 0 aliphatic rings. The summed E-state index contributed by atoms with van der Waals surface area (Å²) in [7, 11) is 0. The first kappa shape index (κ1) is 12.9. The summed E-state index contributed by atoms with van der Waals surface area (Å²) in [4.78, 5) is 18.7. The average molecular weight is 279 g/mol. The number of rotatable bonds is 3. The van der Waals surface area contributed by atoms with Gasteiger partial charge in [0.1, 0.15) is 5.65 Å². The molecular weight excluding hydrogens is 266 g/mol. The SMILES string of the molecule is Nc1cnc2[nH]cc(/C=C(/C(=O)O)c3ccccc3)c2c1. The number of nitrogens with two attached hydrogens (primary N) is 1. The smallest absolute Gasteiger partial charge is 0.336 e. The number of fused-ring (bicyclic) bond motifs is 1. The van der Waals surface area contributed by atoms with E-state index in [1.807, 2.05) is 6.07 Å². The molecule has 0 saturated heterocycles. The van der Waals surface area contributed by atoms with Crippen LogP contribution in [0.25, 0.3) is 22.7 Å². The Labute approximate surface area is 120 Å². The third-order valence-corrected chi connectivity index (χ3v) is 3.20. The summed E-state index contributed by atoms with van der Waals surface area (Å²) in [5.74, 6) is -0.979. The fraction of sp³-hybridized carbons (Fsp3) is 0. The first-order chi connectivity index (χ1) is 10.1. The van der Waals surface area contributed by atoms with E-state index in [9.17, 15) is 9.90 Å². The van der Waals surface area contributed by atoms with Gasteiger partial charge in [-0.25, -0.2) is 9.78 Å². The van der Waals surface area contributed by atoms with Crippen molar-refractivity contribution in [2.24, 2.45) is 0 Å². The van der Waals surface area contributed by atoms with E-state index in [1.54, 1.807) is 48.8 Å². The molecule has 5 heteroatoms. The van der Waals surface area contributed by atoms with Gasteiger partial charge in [0, 0.05) is 17.1 Å². The van der Waals surface area contributed by atoms with E-state index in [1.165, 1.54) is 0 Å². The zero-order valence-electron chi connectivity index (χ0n) is 11.1. The Morgan fingerprint density at radius 3 is 2.76 bits per heavy atom. The number of carbonyl (C=O) groups is 1. The van der Waals surface area contributed by atoms with Crippen LogP contribution in [0.2, 0.25) is 0 Å². The molecule has 0 aliphatic heterocycles. The fourth-order valence-electron chi connectivity index (χ4n) is 2.20. The van der Waals surface area contributed by atoms with E-state index in [0.717, 1.165) is 10.9 Å². The number of nitrogens with one attached hydrogen (secondary N) is 1. The van der Waals surface area contributed by atoms with Crippen molar-refractivity contribution in [3.8, 4) is 0 Å². The minimum atomic E-state index is -0.979. The van der Waals surface area contributed by atoms with Crippen LogP contribution < -0.4 is 5.73 Å². The number of nitrogen functional groups attached to an aromatic ring is 1. The predicted molar refractivity (Wildman–Crippen MR) is 82.5 cm³/mol. The number of aromatic amines is 1. The minimum Gasteiger partial charge on any atom is -0.478 e. The molecule has 3 aromatic rings. The molecule has 5 nitrogen and oxygen atoms in total. The monoisotopic (exact) mass is 279 g/mol. The van der Waals surface area contributed by atoms with Crippen molar-refractivity contribution in [2.45, 2.75) is 0 Å². The number of anilines is 1. The fourth-order valence-corrected chi connectivity index (χ4v) is 2.20. The van der Waals surface area contributed by atoms with Crippen LogP contribution in [-0.2, 0) is 4.79 Å². The molecule has 0 radical (unpaired) electrons. The number of benzene rings is 1. The molecule has 0 atom stereocenters. The van der Waals surface area contributed by atoms with E-state index in [0.29, 0.717) is 16.9 Å². The molecule has 1 aromatic carbocycles. The van der Waals surface area contributed by atoms with Crippen LogP contribution in [0.1, 0.15) is 11.1 Å². The zero-order valence-corrected chi connectivity index (χ0v) is 11.1. The average Bonchev–Trinajstić information content (AvgIpc) is 2.87. The van der Waals surface area contributed by atoms with Crippen LogP contribution in [0.3, 0.4) is 0 Å². The lowest BCUT2D eigenvalue weighted by molar-refractivity contribution is -0.130. The van der Waals surface area contributed by atoms with Crippen LogP contribution in [0.15, 0.2) is 48.8 Å². The van der Waals surface area contributed by atoms with Gasteiger partial charge in [0.2, 0.25) is 0 Å². The van der Waals surface area contributed by atoms with E-state index in [2.05, 4.69) is 9.97 Å². The molecular formula is C16H13N3O2. The molecule has 0 saturated carbocycles. The molecule has 0 spiro atoms. The molecule has 0 aliphatic carbocycles. The van der Waals surface area contributed by atoms with Gasteiger partial charge in [0.15, 0.2) is 0 Å². The summed E-state index contributed by atoms with van der Waals surface area (Å²) in [6.45, 7) is 0. The quantitative estimate of drug-likeness (QED) is 0.643. The Hall–Kier alpha value is -3.08. The summed E-state index contributed by atoms with van der Waals surface area (Å²) in [5.41, 5.74) is 8.56. The van der Waals surface area contributed by atoms with Crippen molar-refractivity contribution in [2.75, 3.05) is 5.73 Å². The van der Waals surface area contributed by atoms with Crippen molar-refractivity contribution >= 4 is 34.3 Å². The van der Waals surface area contributed by atoms with Gasteiger partial charge in [0.05, 0.1) is 17.5 Å². The molecule has 104 valence electrons. The summed E-state index contributed by atoms with van der Waals surface area (Å²) >= 11 is 0. The van der Waals surface area contributed by atoms with Crippen molar-refractivity contribution in [3.05, 3.63) is 59.9 Å². The number of H-pyrrole nitrogens is 1. The molecule has 2 aromatic heterocycles. The van der Waals surface area contributed by atoms with Crippen molar-refractivity contribution in [3.63, 3.8) is 0 Å². The topological polar surface area (TPSA) is 92.0 Å². The number of aliphatic carboxylic acids is 1. The maximum absolute atomic E-state index is 11.5. The molecule has 4 N–H and O–H groups in total. The highest BCUT2D eigenvalue weighted by molar-refractivity contribution is 6.21. The van der Waals surface area contributed by atoms with Crippen molar-refractivity contribution < 1.29 is 9.90 Å². The van der Waals surface area contributed by atoms with Gasteiger partial charge in [-0.05, 0) is 17.7 Å². The Morgan fingerprint density at radius 1 is 1.29 bits per heavy atom. The number of carboxylic acids is 1. The second-order valence-electron chi connectivity index (χ2n) is 4.64. The second kappa shape index (κ2) is 5.13. The Bertz CT molecular complexity index is 835. The number of hydrogen-bond donors (Lipinski definition) is 3. The highest BCUT2D eigenvalue weighted by atomic mass is 16.4. The summed E-state index contributed by atoms with van der Waals surface area (Å²) in [6.07, 6.45) is 4.90. The predicted octanol–water partition coefficient (Wildman–Crippen LogP) is 2.77. The molecule has 0 unspecified atom stereocenters. The third-order valence-electron chi connectivity index (χ3n) is 3.20. The number of aromatic nitrogens is 2. The standard InChI is InChI=1S/C16H13N3O2/c17-12-7-13-11(8-18-15(13)19-9-12)6-14(16(20)21)10-4-2-1-3-5-10/h1-9H,17H2,(H,18,19)(H,20,21)/b14-6+. The molecule has 3 rings (SSSR count). The Kier molecular flexibility index (Phi) is 3.16. The largest absolute Gasteiger partial charge is 0.478 e. The molecule has 21 heavy (non-hydrogen) atoms. The van der Waals surface area contributed by atoms with Crippen LogP contribution in [0.4, 0.5) is 5.69 Å². The normalized spacial score (nSPS) is 11.7. The van der Waals surface area contributed by atoms with Crippen LogP contribution in [0.5, 0.6) is 0 Å². The number of carboxylic acid groups (broad SMARTS) is 1. The molecule has 0 bridgehead atoms. The number of hydrogen-bond acceptors (Lipinski definition) is 3. The van der Waals surface area contributed by atoms with Gasteiger partial charge in [-0.15, -0.1) is 0 Å². The van der Waals surface area contributed by atoms with Gasteiger partial charge in [0.25, 0.3) is 0 Å². The lowest BCUT2D eigenvalue weighted by Crippen LogP contribution is -1.99. The van der Waals surface area contributed by atoms with E-state index < -0.39 is 5.97 Å². The maximum Gasteiger partial charge on any atom is 0.336 e. The molecule has 0 fully saturated rings. The first-order valence-corrected chi connectivity index (χ1v) is 6.38. The van der Waals surface area contributed by atoms with E-state index in [4.69, 9.17) is 5.73 Å². The lowest BCUT2D eigenvalue weighted by atomic mass is 10.0. The summed E-state index contributed by atoms with van der Waals surface area (Å²) in [5, 5.41) is 10.2. The Balaban J connectivity index is 2.16. The van der Waals surface area contributed by atoms with Crippen LogP contribution in [-0.4, -0.2) is 21.0 Å². The van der Waals surface area contributed by atoms with Crippen LogP contribution in [0, 0.1) is 0 Å². The van der Waals surface area contributed by atoms with Gasteiger partial charge in [-0.2, -0.15) is 0 Å². The second-order valence-corrected chi connectivity index (χ2v) is 4.64. The van der Waals surface area contributed by atoms with E-state index in [-0.39, 0.29) is 5.57 Å². The zero-order chi connectivity index (χ0) is 14.8. The summed E-state index contributed by atoms with van der Waals surface area (Å²) in [6, 6.07) is 10.8. The third kappa shape index (κ3) is 2.49. The highest BCUT2D eigenvalue weighted by Crippen LogP contribution is 2.24. The maximum atomic E-state index is 11.5. The van der Waals surface area contributed by atoms with Gasteiger partial charge in [-0.1, -0.05) is 30.3 Å². The number of pyridine rings is 1.